The molecule has 0 bridgehead atoms. The number of aryl methyl sites for hydroxylation is 2. The van der Waals surface area contributed by atoms with Gasteiger partial charge in [0.15, 0.2) is 0 Å². The molecule has 1 fully saturated rings. The van der Waals surface area contributed by atoms with Crippen LogP contribution >= 0.6 is 11.6 Å². The van der Waals surface area contributed by atoms with Crippen LogP contribution in [0.5, 0.6) is 5.75 Å². The summed E-state index contributed by atoms with van der Waals surface area (Å²) < 4.78 is 5.98. The fourth-order valence-electron chi connectivity index (χ4n) is 3.85. The smallest absolute Gasteiger partial charge is 0.335 e. The van der Waals surface area contributed by atoms with Crippen LogP contribution in [-0.4, -0.2) is 22.8 Å². The van der Waals surface area contributed by atoms with Crippen molar-refractivity contribution in [2.45, 2.75) is 20.5 Å². The summed E-state index contributed by atoms with van der Waals surface area (Å²) in [5, 5.41) is 13.4. The van der Waals surface area contributed by atoms with Gasteiger partial charge in [-0.25, -0.2) is 9.69 Å². The van der Waals surface area contributed by atoms with Gasteiger partial charge >= 0.3 is 6.03 Å². The number of barbiturate groups is 1. The first kappa shape index (κ1) is 24.6. The molecule has 0 unspecified atom stereocenters. The van der Waals surface area contributed by atoms with Gasteiger partial charge in [0.05, 0.1) is 10.6 Å². The average molecular weight is 506 g/mol. The summed E-state index contributed by atoms with van der Waals surface area (Å²) in [5.74, 6) is -1.40. The topological polar surface area (TPSA) is 119 Å². The number of non-ortho nitro benzene ring substituents is 1. The molecule has 3 aromatic rings. The van der Waals surface area contributed by atoms with Crippen LogP contribution in [0.3, 0.4) is 0 Å². The van der Waals surface area contributed by atoms with Gasteiger partial charge in [0, 0.05) is 22.7 Å². The Labute approximate surface area is 211 Å². The number of halogens is 1. The van der Waals surface area contributed by atoms with Crippen molar-refractivity contribution >= 4 is 46.9 Å². The number of carbonyl (C=O) groups excluding carboxylic acids is 3. The van der Waals surface area contributed by atoms with Crippen molar-refractivity contribution in [3.63, 3.8) is 0 Å². The van der Waals surface area contributed by atoms with Crippen molar-refractivity contribution in [3.8, 4) is 5.75 Å². The Balaban J connectivity index is 1.66. The van der Waals surface area contributed by atoms with E-state index in [0.29, 0.717) is 16.3 Å². The third kappa shape index (κ3) is 5.26. The minimum Gasteiger partial charge on any atom is -0.488 e. The zero-order valence-corrected chi connectivity index (χ0v) is 20.0. The maximum atomic E-state index is 13.2. The number of hydrogen-bond donors (Lipinski definition) is 1. The molecule has 4 rings (SSSR count). The highest BCUT2D eigenvalue weighted by Crippen LogP contribution is 2.29. The molecule has 1 heterocycles. The third-order valence-corrected chi connectivity index (χ3v) is 5.60. The Kier molecular flexibility index (Phi) is 6.84. The van der Waals surface area contributed by atoms with Crippen molar-refractivity contribution in [3.05, 3.63) is 104 Å². The molecular weight excluding hydrogens is 486 g/mol. The van der Waals surface area contributed by atoms with Crippen LogP contribution in [0.1, 0.15) is 22.3 Å². The summed E-state index contributed by atoms with van der Waals surface area (Å²) in [5.41, 5.74) is 3.02. The van der Waals surface area contributed by atoms with Crippen LogP contribution < -0.4 is 15.0 Å². The largest absolute Gasteiger partial charge is 0.488 e. The second-order valence-electron chi connectivity index (χ2n) is 8.20. The average Bonchev–Trinajstić information content (AvgIpc) is 2.81. The minimum atomic E-state index is -0.964. The van der Waals surface area contributed by atoms with Gasteiger partial charge in [-0.15, -0.1) is 0 Å². The van der Waals surface area contributed by atoms with Crippen molar-refractivity contribution in [2.75, 3.05) is 4.90 Å². The molecule has 0 spiro atoms. The zero-order valence-electron chi connectivity index (χ0n) is 19.3. The van der Waals surface area contributed by atoms with E-state index in [1.807, 2.05) is 32.0 Å². The van der Waals surface area contributed by atoms with Crippen LogP contribution in [0, 0.1) is 24.0 Å². The van der Waals surface area contributed by atoms with E-state index in [-0.39, 0.29) is 23.6 Å². The highest BCUT2D eigenvalue weighted by Gasteiger charge is 2.37. The number of benzene rings is 3. The normalized spacial score (nSPS) is 14.7. The fourth-order valence-corrected chi connectivity index (χ4v) is 4.03. The predicted octanol–water partition coefficient (Wildman–Crippen LogP) is 5.11. The number of carbonyl (C=O) groups is 3. The first-order valence-electron chi connectivity index (χ1n) is 10.8. The van der Waals surface area contributed by atoms with Gasteiger partial charge < -0.3 is 4.74 Å². The molecule has 4 amide bonds. The Morgan fingerprint density at radius 1 is 1.00 bits per heavy atom. The highest BCUT2D eigenvalue weighted by atomic mass is 35.5. The Morgan fingerprint density at radius 2 is 1.67 bits per heavy atom. The molecule has 1 aliphatic heterocycles. The van der Waals surface area contributed by atoms with Crippen molar-refractivity contribution in [1.82, 2.24) is 5.32 Å². The molecule has 0 aromatic heterocycles. The predicted molar refractivity (Wildman–Crippen MR) is 134 cm³/mol. The quantitative estimate of drug-likeness (QED) is 0.215. The molecule has 0 saturated carbocycles. The molecule has 10 heteroatoms. The number of hydrogen-bond acceptors (Lipinski definition) is 6. The summed E-state index contributed by atoms with van der Waals surface area (Å²) in [6.07, 6.45) is 1.30. The molecular formula is C26H20ClN3O6. The number of ether oxygens (including phenoxy) is 1. The number of nitro benzene ring substituents is 1. The molecule has 3 aromatic carbocycles. The van der Waals surface area contributed by atoms with Gasteiger partial charge in [0.2, 0.25) is 0 Å². The summed E-state index contributed by atoms with van der Waals surface area (Å²) in [7, 11) is 0. The van der Waals surface area contributed by atoms with E-state index in [4.69, 9.17) is 16.3 Å². The molecule has 0 radical (unpaired) electrons. The van der Waals surface area contributed by atoms with Gasteiger partial charge in [-0.05, 0) is 55.8 Å². The van der Waals surface area contributed by atoms with Crippen molar-refractivity contribution < 1.29 is 24.0 Å². The Bertz CT molecular complexity index is 1410. The first-order chi connectivity index (χ1) is 17.1. The lowest BCUT2D eigenvalue weighted by molar-refractivity contribution is -0.384. The maximum absolute atomic E-state index is 13.2. The lowest BCUT2D eigenvalue weighted by Crippen LogP contribution is -2.54. The second kappa shape index (κ2) is 10.0. The van der Waals surface area contributed by atoms with Crippen molar-refractivity contribution in [1.29, 1.82) is 0 Å². The van der Waals surface area contributed by atoms with Crippen LogP contribution in [-0.2, 0) is 16.2 Å². The number of anilines is 1. The molecule has 1 N–H and O–H groups in total. The van der Waals surface area contributed by atoms with E-state index in [1.54, 1.807) is 18.2 Å². The van der Waals surface area contributed by atoms with Crippen LogP contribution in [0.4, 0.5) is 16.2 Å². The second-order valence-corrected chi connectivity index (χ2v) is 8.63. The number of urea groups is 1. The Hall–Kier alpha value is -4.50. The molecule has 1 aliphatic rings. The lowest BCUT2D eigenvalue weighted by atomic mass is 10.1. The van der Waals surface area contributed by atoms with E-state index < -0.39 is 22.8 Å². The summed E-state index contributed by atoms with van der Waals surface area (Å²) in [6, 6.07) is 14.7. The van der Waals surface area contributed by atoms with Gasteiger partial charge in [-0.3, -0.25) is 25.0 Å². The fraction of sp³-hybridized carbons (Fsp3) is 0.115. The summed E-state index contributed by atoms with van der Waals surface area (Å²) >= 11 is 6.16. The van der Waals surface area contributed by atoms with Crippen LogP contribution in [0.15, 0.2) is 66.2 Å². The lowest BCUT2D eigenvalue weighted by Gasteiger charge is -2.26. The van der Waals surface area contributed by atoms with E-state index in [9.17, 15) is 24.5 Å². The van der Waals surface area contributed by atoms with Crippen LogP contribution in [0.2, 0.25) is 5.02 Å². The first-order valence-corrected chi connectivity index (χ1v) is 11.2. The standard InChI is InChI=1S/C26H20ClN3O6/c1-15-9-16(2)11-17(10-15)14-36-23-8-3-19(27)12-18(23)13-22-24(31)28-26(33)29(25(22)32)20-4-6-21(7-5-20)30(34)35/h3-13H,14H2,1-2H3,(H,28,31,33)/b22-13+. The van der Waals surface area contributed by atoms with Gasteiger partial charge in [0.25, 0.3) is 17.5 Å². The molecule has 36 heavy (non-hydrogen) atoms. The number of nitrogens with one attached hydrogen (secondary N) is 1. The molecule has 0 aliphatic carbocycles. The molecule has 182 valence electrons. The minimum absolute atomic E-state index is 0.0684. The maximum Gasteiger partial charge on any atom is 0.335 e. The highest BCUT2D eigenvalue weighted by molar-refractivity contribution is 6.39. The molecule has 9 nitrogen and oxygen atoms in total. The monoisotopic (exact) mass is 505 g/mol. The van der Waals surface area contributed by atoms with Crippen molar-refractivity contribution in [2.24, 2.45) is 0 Å². The number of amides is 4. The molecule has 1 saturated heterocycles. The summed E-state index contributed by atoms with van der Waals surface area (Å²) in [6.45, 7) is 4.22. The molecule has 0 atom stereocenters. The summed E-state index contributed by atoms with van der Waals surface area (Å²) in [4.78, 5) is 49.3. The Morgan fingerprint density at radius 3 is 2.31 bits per heavy atom. The van der Waals surface area contributed by atoms with Gasteiger partial charge in [0.1, 0.15) is 17.9 Å². The zero-order chi connectivity index (χ0) is 26.0. The van der Waals surface area contributed by atoms with E-state index >= 15 is 0 Å². The number of imide groups is 2. The number of rotatable bonds is 6. The SMILES string of the molecule is Cc1cc(C)cc(COc2ccc(Cl)cc2/C=C2\C(=O)NC(=O)N(c3ccc([N+](=O)[O-])cc3)C2=O)c1. The van der Waals surface area contributed by atoms with Gasteiger partial charge in [-0.1, -0.05) is 40.9 Å². The number of nitrogens with zero attached hydrogens (tertiary/aromatic N) is 2. The van der Waals surface area contributed by atoms with Gasteiger partial charge in [-0.2, -0.15) is 0 Å². The van der Waals surface area contributed by atoms with E-state index in [2.05, 4.69) is 5.32 Å². The third-order valence-electron chi connectivity index (χ3n) is 5.37. The van der Waals surface area contributed by atoms with E-state index in [0.717, 1.165) is 33.7 Å². The van der Waals surface area contributed by atoms with Crippen LogP contribution in [0.25, 0.3) is 6.08 Å². The number of nitro groups is 1. The van der Waals surface area contributed by atoms with E-state index in [1.165, 1.54) is 18.2 Å².